The van der Waals surface area contributed by atoms with Crippen LogP contribution in [0.1, 0.15) is 19.4 Å². The zero-order valence-electron chi connectivity index (χ0n) is 14.0. The first-order chi connectivity index (χ1) is 11.4. The number of benzene rings is 2. The van der Waals surface area contributed by atoms with E-state index in [0.29, 0.717) is 0 Å². The molecule has 0 aliphatic heterocycles. The average molecular weight is 327 g/mol. The van der Waals surface area contributed by atoms with Gasteiger partial charge in [0.05, 0.1) is 11.5 Å². The van der Waals surface area contributed by atoms with Gasteiger partial charge >= 0.3 is 0 Å². The molecule has 0 unspecified atom stereocenters. The first kappa shape index (κ1) is 17.5. The number of nitrogens with zero attached hydrogens (tertiary/aromatic N) is 2. The van der Waals surface area contributed by atoms with Crippen LogP contribution in [0.5, 0.6) is 0 Å². The maximum atomic E-state index is 12.4. The molecule has 6 nitrogen and oxygen atoms in total. The number of carbonyl (C=O) groups is 1. The molecule has 0 saturated carbocycles. The van der Waals surface area contributed by atoms with Crippen molar-refractivity contribution in [3.63, 3.8) is 0 Å². The third kappa shape index (κ3) is 4.10. The second-order valence-electron chi connectivity index (χ2n) is 5.83. The number of hydrogen-bond donors (Lipinski definition) is 1. The van der Waals surface area contributed by atoms with Gasteiger partial charge in [0.15, 0.2) is 0 Å². The van der Waals surface area contributed by atoms with Gasteiger partial charge in [0.2, 0.25) is 5.91 Å². The number of anilines is 2. The molecule has 1 amide bonds. The number of para-hydroxylation sites is 3. The van der Waals surface area contributed by atoms with Gasteiger partial charge in [-0.1, -0.05) is 30.3 Å². The van der Waals surface area contributed by atoms with Crippen LogP contribution in [0.15, 0.2) is 48.5 Å². The predicted octanol–water partition coefficient (Wildman–Crippen LogP) is 3.76. The lowest BCUT2D eigenvalue weighted by atomic mass is 10.1. The Morgan fingerprint density at radius 2 is 1.79 bits per heavy atom. The fourth-order valence-electron chi connectivity index (χ4n) is 2.51. The van der Waals surface area contributed by atoms with Crippen LogP contribution in [0.4, 0.5) is 17.1 Å². The molecule has 0 aliphatic carbocycles. The summed E-state index contributed by atoms with van der Waals surface area (Å²) in [5, 5.41) is 13.7. The fraction of sp³-hybridized carbons (Fsp3) is 0.278. The molecule has 24 heavy (non-hydrogen) atoms. The van der Waals surface area contributed by atoms with Crippen molar-refractivity contribution < 1.29 is 9.72 Å². The molecule has 126 valence electrons. The lowest BCUT2D eigenvalue weighted by Crippen LogP contribution is -2.38. The van der Waals surface area contributed by atoms with Crippen LogP contribution in [0, 0.1) is 17.0 Å². The molecule has 0 saturated heterocycles. The van der Waals surface area contributed by atoms with Gasteiger partial charge in [-0.2, -0.15) is 0 Å². The summed E-state index contributed by atoms with van der Waals surface area (Å²) in [5.74, 6) is -0.291. The van der Waals surface area contributed by atoms with Gasteiger partial charge in [-0.05, 0) is 38.5 Å². The van der Waals surface area contributed by atoms with Gasteiger partial charge in [0, 0.05) is 17.8 Å². The number of hydrogen-bond acceptors (Lipinski definition) is 4. The minimum Gasteiger partial charge on any atom is -0.360 e. The summed E-state index contributed by atoms with van der Waals surface area (Å²) in [6, 6.07) is 14.1. The Morgan fingerprint density at radius 3 is 2.42 bits per heavy atom. The molecule has 2 aromatic carbocycles. The van der Waals surface area contributed by atoms with Crippen molar-refractivity contribution >= 4 is 23.0 Å². The highest BCUT2D eigenvalue weighted by Gasteiger charge is 2.19. The molecule has 0 radical (unpaired) electrons. The molecule has 0 aliphatic rings. The minimum atomic E-state index is -0.503. The van der Waals surface area contributed by atoms with E-state index in [9.17, 15) is 14.9 Å². The Morgan fingerprint density at radius 1 is 1.17 bits per heavy atom. The molecule has 2 rings (SSSR count). The van der Waals surface area contributed by atoms with E-state index in [2.05, 4.69) is 5.32 Å². The Labute approximate surface area is 141 Å². The number of nitrogens with one attached hydrogen (secondary N) is 1. The van der Waals surface area contributed by atoms with Crippen LogP contribution < -0.4 is 10.2 Å². The number of carbonyl (C=O) groups excluding carboxylic acids is 1. The predicted molar refractivity (Wildman–Crippen MR) is 95.4 cm³/mol. The van der Waals surface area contributed by atoms with Crippen molar-refractivity contribution in [1.29, 1.82) is 0 Å². The standard InChI is InChI=1S/C18H21N3O3/c1-13(2)20(16-10-6-4-8-14(16)3)12-18(22)19-15-9-5-7-11-17(15)21(23)24/h4-11,13H,12H2,1-3H3,(H,19,22). The summed E-state index contributed by atoms with van der Waals surface area (Å²) < 4.78 is 0. The smallest absolute Gasteiger partial charge is 0.292 e. The van der Waals surface area contributed by atoms with Crippen molar-refractivity contribution in [2.45, 2.75) is 26.8 Å². The first-order valence-corrected chi connectivity index (χ1v) is 7.75. The van der Waals surface area contributed by atoms with Crippen molar-refractivity contribution in [2.75, 3.05) is 16.8 Å². The number of aryl methyl sites for hydroxylation is 1. The van der Waals surface area contributed by atoms with E-state index in [0.717, 1.165) is 11.3 Å². The van der Waals surface area contributed by atoms with E-state index in [1.54, 1.807) is 12.1 Å². The molecule has 0 heterocycles. The lowest BCUT2D eigenvalue weighted by Gasteiger charge is -2.29. The topological polar surface area (TPSA) is 75.5 Å². The zero-order valence-corrected chi connectivity index (χ0v) is 14.0. The van der Waals surface area contributed by atoms with Crippen molar-refractivity contribution in [3.05, 3.63) is 64.2 Å². The molecule has 1 N–H and O–H groups in total. The Hall–Kier alpha value is -2.89. The number of rotatable bonds is 6. The highest BCUT2D eigenvalue weighted by Crippen LogP contribution is 2.24. The van der Waals surface area contributed by atoms with E-state index in [-0.39, 0.29) is 29.9 Å². The largest absolute Gasteiger partial charge is 0.360 e. The van der Waals surface area contributed by atoms with Crippen molar-refractivity contribution in [3.8, 4) is 0 Å². The molecular formula is C18H21N3O3. The molecule has 0 fully saturated rings. The molecule has 6 heteroatoms. The third-order valence-corrected chi connectivity index (χ3v) is 3.74. The molecule has 0 spiro atoms. The Bertz CT molecular complexity index is 744. The number of nitro groups is 1. The van der Waals surface area contributed by atoms with E-state index in [1.165, 1.54) is 12.1 Å². The van der Waals surface area contributed by atoms with Gasteiger partial charge in [-0.15, -0.1) is 0 Å². The summed E-state index contributed by atoms with van der Waals surface area (Å²) in [6.07, 6.45) is 0. The van der Waals surface area contributed by atoms with Crippen LogP contribution >= 0.6 is 0 Å². The maximum absolute atomic E-state index is 12.4. The molecule has 0 atom stereocenters. The molecule has 0 bridgehead atoms. The summed E-state index contributed by atoms with van der Waals surface area (Å²) in [6.45, 7) is 6.12. The van der Waals surface area contributed by atoms with Gasteiger partial charge < -0.3 is 10.2 Å². The Balaban J connectivity index is 2.18. The molecule has 0 aromatic heterocycles. The van der Waals surface area contributed by atoms with Crippen molar-refractivity contribution in [1.82, 2.24) is 0 Å². The monoisotopic (exact) mass is 327 g/mol. The highest BCUT2D eigenvalue weighted by atomic mass is 16.6. The first-order valence-electron chi connectivity index (χ1n) is 7.75. The summed E-state index contributed by atoms with van der Waals surface area (Å²) in [5.41, 5.74) is 2.15. The van der Waals surface area contributed by atoms with Gasteiger partial charge in [0.1, 0.15) is 5.69 Å². The van der Waals surface area contributed by atoms with Crippen LogP contribution in [-0.4, -0.2) is 23.4 Å². The summed E-state index contributed by atoms with van der Waals surface area (Å²) >= 11 is 0. The van der Waals surface area contributed by atoms with Gasteiger partial charge in [0.25, 0.3) is 5.69 Å². The van der Waals surface area contributed by atoms with Crippen molar-refractivity contribution in [2.24, 2.45) is 0 Å². The fourth-order valence-corrected chi connectivity index (χ4v) is 2.51. The lowest BCUT2D eigenvalue weighted by molar-refractivity contribution is -0.383. The van der Waals surface area contributed by atoms with E-state index < -0.39 is 4.92 Å². The van der Waals surface area contributed by atoms with E-state index >= 15 is 0 Å². The normalized spacial score (nSPS) is 10.5. The number of amides is 1. The third-order valence-electron chi connectivity index (χ3n) is 3.74. The van der Waals surface area contributed by atoms with Crippen LogP contribution in [-0.2, 0) is 4.79 Å². The summed E-state index contributed by atoms with van der Waals surface area (Å²) in [7, 11) is 0. The minimum absolute atomic E-state index is 0.113. The van der Waals surface area contributed by atoms with Crippen LogP contribution in [0.2, 0.25) is 0 Å². The van der Waals surface area contributed by atoms with Gasteiger partial charge in [-0.25, -0.2) is 0 Å². The Kier molecular flexibility index (Phi) is 5.52. The molecular weight excluding hydrogens is 306 g/mol. The number of nitro benzene ring substituents is 1. The summed E-state index contributed by atoms with van der Waals surface area (Å²) in [4.78, 5) is 24.9. The van der Waals surface area contributed by atoms with E-state index in [1.807, 2.05) is 49.9 Å². The molecule has 2 aromatic rings. The average Bonchev–Trinajstić information content (AvgIpc) is 2.53. The highest BCUT2D eigenvalue weighted by molar-refractivity contribution is 5.96. The second kappa shape index (κ2) is 7.59. The quantitative estimate of drug-likeness (QED) is 0.647. The van der Waals surface area contributed by atoms with E-state index in [4.69, 9.17) is 0 Å². The maximum Gasteiger partial charge on any atom is 0.292 e. The second-order valence-corrected chi connectivity index (χ2v) is 5.83. The van der Waals surface area contributed by atoms with Crippen LogP contribution in [0.3, 0.4) is 0 Å². The SMILES string of the molecule is Cc1ccccc1N(CC(=O)Nc1ccccc1[N+](=O)[O-])C(C)C. The van der Waals surface area contributed by atoms with Crippen LogP contribution in [0.25, 0.3) is 0 Å². The van der Waals surface area contributed by atoms with Gasteiger partial charge in [-0.3, -0.25) is 14.9 Å². The zero-order chi connectivity index (χ0) is 17.7.